The van der Waals surface area contributed by atoms with Crippen molar-refractivity contribution in [2.45, 2.75) is 0 Å². The van der Waals surface area contributed by atoms with Crippen LogP contribution in [0.2, 0.25) is 0 Å². The third kappa shape index (κ3) is 3.70. The molecule has 0 aliphatic rings. The second-order valence-electron chi connectivity index (χ2n) is 2.13. The van der Waals surface area contributed by atoms with Gasteiger partial charge in [0.1, 0.15) is 5.75 Å². The lowest BCUT2D eigenvalue weighted by Crippen LogP contribution is -1.93. The minimum absolute atomic E-state index is 0.209. The predicted molar refractivity (Wildman–Crippen MR) is 64.5 cm³/mol. The van der Waals surface area contributed by atoms with Gasteiger partial charge in [-0.25, -0.2) is 4.57 Å². The van der Waals surface area contributed by atoms with Gasteiger partial charge in [0.2, 0.25) is 0 Å². The molecule has 2 N–H and O–H groups in total. The second kappa shape index (κ2) is 4.43. The third-order valence-corrected chi connectivity index (χ3v) is 4.61. The normalized spacial score (nSPS) is 11.4. The molecular formula is C6H5I2O4P. The van der Waals surface area contributed by atoms with Gasteiger partial charge >= 0.3 is 7.82 Å². The molecule has 0 heterocycles. The van der Waals surface area contributed by atoms with Crippen LogP contribution in [0.1, 0.15) is 0 Å². The molecule has 0 bridgehead atoms. The number of halogens is 2. The lowest BCUT2D eigenvalue weighted by molar-refractivity contribution is 0.282. The number of rotatable bonds is 2. The summed E-state index contributed by atoms with van der Waals surface area (Å²) < 4.78 is 16.6. The van der Waals surface area contributed by atoms with E-state index >= 15 is 0 Å². The summed E-state index contributed by atoms with van der Waals surface area (Å²) >= 11 is 4.03. The standard InChI is InChI=1S/C6H5I2O4P/c7-4-2-1-3-5(6(4)8)12-13(9,10)11/h1-3H,(H2,9,10,11). The quantitative estimate of drug-likeness (QED) is 0.564. The molecule has 0 radical (unpaired) electrons. The first-order valence-electron chi connectivity index (χ1n) is 3.09. The third-order valence-electron chi connectivity index (χ3n) is 1.13. The van der Waals surface area contributed by atoms with E-state index < -0.39 is 7.82 Å². The summed E-state index contributed by atoms with van der Waals surface area (Å²) in [6.45, 7) is 0. The van der Waals surface area contributed by atoms with Crippen molar-refractivity contribution in [1.29, 1.82) is 0 Å². The maximum atomic E-state index is 10.5. The fraction of sp³-hybridized carbons (Fsp3) is 0. The van der Waals surface area contributed by atoms with E-state index in [1.54, 1.807) is 6.07 Å². The molecule has 0 unspecified atom stereocenters. The highest BCUT2D eigenvalue weighted by atomic mass is 127. The molecule has 1 rings (SSSR count). The molecule has 0 aliphatic carbocycles. The SMILES string of the molecule is O=P(O)(O)Oc1cccc(I)c1I. The molecule has 1 aromatic carbocycles. The average Bonchev–Trinajstić information content (AvgIpc) is 1.96. The lowest BCUT2D eigenvalue weighted by Gasteiger charge is -2.08. The molecule has 0 atom stereocenters. The summed E-state index contributed by atoms with van der Waals surface area (Å²) in [6.07, 6.45) is 0. The Balaban J connectivity index is 3.03. The summed E-state index contributed by atoms with van der Waals surface area (Å²) in [7, 11) is -4.44. The largest absolute Gasteiger partial charge is 0.524 e. The van der Waals surface area contributed by atoms with E-state index in [0.29, 0.717) is 3.57 Å². The van der Waals surface area contributed by atoms with Gasteiger partial charge in [-0.3, -0.25) is 9.79 Å². The summed E-state index contributed by atoms with van der Waals surface area (Å²) in [6, 6.07) is 5.02. The van der Waals surface area contributed by atoms with Gasteiger partial charge in [0.15, 0.2) is 0 Å². The fourth-order valence-corrected chi connectivity index (χ4v) is 2.21. The van der Waals surface area contributed by atoms with Crippen LogP contribution in [-0.4, -0.2) is 9.79 Å². The van der Waals surface area contributed by atoms with E-state index in [2.05, 4.69) is 27.1 Å². The number of phosphoric ester groups is 1. The fourth-order valence-electron chi connectivity index (χ4n) is 0.683. The van der Waals surface area contributed by atoms with Crippen molar-refractivity contribution < 1.29 is 18.9 Å². The zero-order valence-electron chi connectivity index (χ0n) is 6.15. The van der Waals surface area contributed by atoms with Crippen LogP contribution < -0.4 is 4.52 Å². The van der Waals surface area contributed by atoms with Gasteiger partial charge in [-0.1, -0.05) is 6.07 Å². The minimum atomic E-state index is -4.44. The van der Waals surface area contributed by atoms with Gasteiger partial charge in [0.05, 0.1) is 3.57 Å². The summed E-state index contributed by atoms with van der Waals surface area (Å²) in [5.74, 6) is 0.209. The Hall–Kier alpha value is 0.630. The summed E-state index contributed by atoms with van der Waals surface area (Å²) in [4.78, 5) is 17.1. The molecule has 13 heavy (non-hydrogen) atoms. The molecule has 0 spiro atoms. The van der Waals surface area contributed by atoms with Gasteiger partial charge in [0.25, 0.3) is 0 Å². The predicted octanol–water partition coefficient (Wildman–Crippen LogP) is 2.37. The topological polar surface area (TPSA) is 66.8 Å². The maximum Gasteiger partial charge on any atom is 0.524 e. The number of hydrogen-bond donors (Lipinski definition) is 2. The number of benzene rings is 1. The highest BCUT2D eigenvalue weighted by Gasteiger charge is 2.18. The van der Waals surface area contributed by atoms with E-state index in [9.17, 15) is 4.57 Å². The molecule has 0 amide bonds. The average molecular weight is 426 g/mol. The highest BCUT2D eigenvalue weighted by molar-refractivity contribution is 14.1. The smallest absolute Gasteiger partial charge is 0.403 e. The zero-order chi connectivity index (χ0) is 10.1. The van der Waals surface area contributed by atoms with Crippen LogP contribution in [-0.2, 0) is 4.57 Å². The van der Waals surface area contributed by atoms with E-state index in [1.165, 1.54) is 6.07 Å². The number of hydrogen-bond acceptors (Lipinski definition) is 2. The molecular weight excluding hydrogens is 421 g/mol. The molecule has 0 aliphatic heterocycles. The van der Waals surface area contributed by atoms with Crippen LogP contribution in [0.5, 0.6) is 5.75 Å². The number of phosphoric acid groups is 1. The molecule has 7 heteroatoms. The Morgan fingerprint density at radius 1 is 1.31 bits per heavy atom. The van der Waals surface area contributed by atoms with Crippen molar-refractivity contribution in [3.63, 3.8) is 0 Å². The van der Waals surface area contributed by atoms with Crippen LogP contribution in [0, 0.1) is 7.14 Å². The molecule has 0 saturated carbocycles. The van der Waals surface area contributed by atoms with E-state index in [0.717, 1.165) is 3.57 Å². The van der Waals surface area contributed by atoms with Crippen LogP contribution in [0.4, 0.5) is 0 Å². The highest BCUT2D eigenvalue weighted by Crippen LogP contribution is 2.40. The first kappa shape index (κ1) is 11.7. The van der Waals surface area contributed by atoms with E-state index in [4.69, 9.17) is 9.79 Å². The Kier molecular flexibility index (Phi) is 3.99. The van der Waals surface area contributed by atoms with Crippen molar-refractivity contribution in [3.05, 3.63) is 25.3 Å². The maximum absolute atomic E-state index is 10.5. The Morgan fingerprint density at radius 3 is 2.46 bits per heavy atom. The molecule has 1 aromatic rings. The van der Waals surface area contributed by atoms with Gasteiger partial charge in [-0.05, 0) is 57.3 Å². The Bertz CT molecular complexity index is 362. The van der Waals surface area contributed by atoms with Crippen molar-refractivity contribution in [2.24, 2.45) is 0 Å². The van der Waals surface area contributed by atoms with Crippen molar-refractivity contribution >= 4 is 53.0 Å². The first-order chi connectivity index (χ1) is 5.90. The van der Waals surface area contributed by atoms with Crippen LogP contribution in [0.3, 0.4) is 0 Å². The molecule has 0 fully saturated rings. The van der Waals surface area contributed by atoms with Crippen LogP contribution >= 0.6 is 53.0 Å². The van der Waals surface area contributed by atoms with E-state index in [-0.39, 0.29) is 5.75 Å². The van der Waals surface area contributed by atoms with Gasteiger partial charge < -0.3 is 4.52 Å². The Labute approximate surface area is 102 Å². The van der Waals surface area contributed by atoms with Crippen LogP contribution in [0.15, 0.2) is 18.2 Å². The molecule has 72 valence electrons. The second-order valence-corrected chi connectivity index (χ2v) is 5.54. The lowest BCUT2D eigenvalue weighted by atomic mass is 10.3. The van der Waals surface area contributed by atoms with E-state index in [1.807, 2.05) is 28.7 Å². The summed E-state index contributed by atoms with van der Waals surface area (Å²) in [5, 5.41) is 0. The Morgan fingerprint density at radius 2 is 1.92 bits per heavy atom. The first-order valence-corrected chi connectivity index (χ1v) is 6.78. The molecule has 0 aromatic heterocycles. The molecule has 0 saturated heterocycles. The van der Waals surface area contributed by atoms with Crippen molar-refractivity contribution in [3.8, 4) is 5.75 Å². The summed E-state index contributed by atoms with van der Waals surface area (Å²) in [5.41, 5.74) is 0. The van der Waals surface area contributed by atoms with Crippen molar-refractivity contribution in [1.82, 2.24) is 0 Å². The molecule has 4 nitrogen and oxygen atoms in total. The monoisotopic (exact) mass is 426 g/mol. The minimum Gasteiger partial charge on any atom is -0.403 e. The van der Waals surface area contributed by atoms with Gasteiger partial charge in [-0.15, -0.1) is 0 Å². The zero-order valence-corrected chi connectivity index (χ0v) is 11.4. The van der Waals surface area contributed by atoms with Crippen molar-refractivity contribution in [2.75, 3.05) is 0 Å². The van der Waals surface area contributed by atoms with Crippen LogP contribution in [0.25, 0.3) is 0 Å². The van der Waals surface area contributed by atoms with Gasteiger partial charge in [-0.2, -0.15) is 0 Å². The van der Waals surface area contributed by atoms with Gasteiger partial charge in [0, 0.05) is 3.57 Å².